The summed E-state index contributed by atoms with van der Waals surface area (Å²) >= 11 is 0. The van der Waals surface area contributed by atoms with Crippen molar-refractivity contribution in [2.24, 2.45) is 0 Å². The van der Waals surface area contributed by atoms with E-state index in [4.69, 9.17) is 8.83 Å². The number of hydrogen-bond donors (Lipinski definition) is 0. The molecule has 57 heavy (non-hydrogen) atoms. The monoisotopic (exact) mass is 729 g/mol. The molecule has 0 fully saturated rings. The summed E-state index contributed by atoms with van der Waals surface area (Å²) in [5.41, 5.74) is 16.2. The van der Waals surface area contributed by atoms with E-state index in [0.717, 1.165) is 83.2 Å². The first kappa shape index (κ1) is 32.8. The van der Waals surface area contributed by atoms with Gasteiger partial charge in [0.25, 0.3) is 0 Å². The molecule has 11 aromatic rings. The second kappa shape index (κ2) is 13.6. The van der Waals surface area contributed by atoms with Crippen LogP contribution in [-0.2, 0) is 0 Å². The molecule has 0 aliphatic carbocycles. The molecule has 9 aromatic carbocycles. The van der Waals surface area contributed by atoms with Crippen LogP contribution in [0.5, 0.6) is 0 Å². The molecular weight excluding hydrogens is 695 g/mol. The van der Waals surface area contributed by atoms with Gasteiger partial charge in [-0.25, -0.2) is 0 Å². The van der Waals surface area contributed by atoms with Crippen molar-refractivity contribution in [2.45, 2.75) is 0 Å². The predicted molar refractivity (Wildman–Crippen MR) is 237 cm³/mol. The molecule has 0 atom stereocenters. The molecule has 0 saturated carbocycles. The third kappa shape index (κ3) is 5.85. The molecule has 0 bridgehead atoms. The Morgan fingerprint density at radius 2 is 0.684 bits per heavy atom. The summed E-state index contributed by atoms with van der Waals surface area (Å²) in [5, 5.41) is 4.53. The zero-order valence-corrected chi connectivity index (χ0v) is 31.0. The molecule has 3 heteroatoms. The van der Waals surface area contributed by atoms with E-state index in [1.54, 1.807) is 0 Å². The van der Waals surface area contributed by atoms with Crippen molar-refractivity contribution in [3.05, 3.63) is 212 Å². The maximum absolute atomic E-state index is 6.22. The molecule has 2 heterocycles. The van der Waals surface area contributed by atoms with E-state index in [2.05, 4.69) is 193 Å². The lowest BCUT2D eigenvalue weighted by molar-refractivity contribution is 0.668. The molecule has 0 aliphatic rings. The third-order valence-electron chi connectivity index (χ3n) is 11.1. The normalized spacial score (nSPS) is 11.5. The Balaban J connectivity index is 0.965. The van der Waals surface area contributed by atoms with Gasteiger partial charge in [0, 0.05) is 38.6 Å². The highest BCUT2D eigenvalue weighted by Gasteiger charge is 2.17. The van der Waals surface area contributed by atoms with E-state index < -0.39 is 0 Å². The number of nitrogens with zero attached hydrogens (tertiary/aromatic N) is 1. The lowest BCUT2D eigenvalue weighted by atomic mass is 9.98. The summed E-state index contributed by atoms with van der Waals surface area (Å²) in [6.45, 7) is 0. The summed E-state index contributed by atoms with van der Waals surface area (Å²) in [5.74, 6) is 0. The molecule has 0 N–H and O–H groups in total. The van der Waals surface area contributed by atoms with Crippen molar-refractivity contribution in [3.63, 3.8) is 0 Å². The van der Waals surface area contributed by atoms with E-state index in [0.29, 0.717) is 0 Å². The second-order valence-corrected chi connectivity index (χ2v) is 14.5. The Labute approximate surface area is 330 Å². The molecule has 2 aromatic heterocycles. The maximum atomic E-state index is 6.22. The van der Waals surface area contributed by atoms with Crippen molar-refractivity contribution in [3.8, 4) is 44.5 Å². The fraction of sp³-hybridized carbons (Fsp3) is 0. The Morgan fingerprint density at radius 1 is 0.263 bits per heavy atom. The van der Waals surface area contributed by atoms with Crippen LogP contribution in [0.3, 0.4) is 0 Å². The summed E-state index contributed by atoms with van der Waals surface area (Å²) in [6, 6.07) is 75.2. The molecule has 3 nitrogen and oxygen atoms in total. The average molecular weight is 730 g/mol. The third-order valence-corrected chi connectivity index (χ3v) is 11.1. The van der Waals surface area contributed by atoms with Gasteiger partial charge in [0.15, 0.2) is 0 Å². The molecular formula is C54H35NO2. The van der Waals surface area contributed by atoms with Crippen LogP contribution in [-0.4, -0.2) is 0 Å². The predicted octanol–water partition coefficient (Wildman–Crippen LogP) is 15.6. The first-order valence-electron chi connectivity index (χ1n) is 19.3. The van der Waals surface area contributed by atoms with Crippen molar-refractivity contribution in [1.29, 1.82) is 0 Å². The topological polar surface area (TPSA) is 29.5 Å². The van der Waals surface area contributed by atoms with E-state index in [1.807, 2.05) is 24.3 Å². The largest absolute Gasteiger partial charge is 0.456 e. The van der Waals surface area contributed by atoms with Crippen LogP contribution in [0.4, 0.5) is 17.1 Å². The Bertz CT molecular complexity index is 3190. The highest BCUT2D eigenvalue weighted by molar-refractivity contribution is 6.12. The SMILES string of the molecule is c1ccc(-c2ccc(-c3ccc(N(c4ccc(-c5ccc6oc7ccccc7c6c5)cc4)c4ccc(-c5cccc6oc7ccccc7c56)cc4)cc3)cc2)cc1. The highest BCUT2D eigenvalue weighted by atomic mass is 16.3. The van der Waals surface area contributed by atoms with Crippen LogP contribution in [0.25, 0.3) is 88.4 Å². The quantitative estimate of drug-likeness (QED) is 0.164. The van der Waals surface area contributed by atoms with Gasteiger partial charge in [-0.05, 0) is 111 Å². The lowest BCUT2D eigenvalue weighted by Crippen LogP contribution is -2.09. The molecule has 0 amide bonds. The summed E-state index contributed by atoms with van der Waals surface area (Å²) in [7, 11) is 0. The minimum absolute atomic E-state index is 0.898. The van der Waals surface area contributed by atoms with Gasteiger partial charge in [0.1, 0.15) is 22.3 Å². The van der Waals surface area contributed by atoms with Crippen LogP contribution in [0.15, 0.2) is 221 Å². The van der Waals surface area contributed by atoms with E-state index in [1.165, 1.54) is 22.3 Å². The maximum Gasteiger partial charge on any atom is 0.136 e. The number of para-hydroxylation sites is 2. The van der Waals surface area contributed by atoms with Crippen molar-refractivity contribution < 1.29 is 8.83 Å². The fourth-order valence-corrected chi connectivity index (χ4v) is 8.25. The van der Waals surface area contributed by atoms with Gasteiger partial charge in [-0.2, -0.15) is 0 Å². The Kier molecular flexibility index (Phi) is 7.82. The fourth-order valence-electron chi connectivity index (χ4n) is 8.25. The standard InChI is InChI=1S/C54H35NO2/c1-2-9-36(10-3-1)37-17-19-38(20-18-37)39-21-28-43(29-22-39)55(44-30-23-40(24-31-44)42-27-34-52-49(35-42)47-11-4-6-14-50(47)56-52)45-32-25-41(26-33-45)46-13-8-16-53-54(46)48-12-5-7-15-51(48)57-53/h1-35H. The number of rotatable bonds is 7. The minimum atomic E-state index is 0.898. The minimum Gasteiger partial charge on any atom is -0.456 e. The zero-order valence-electron chi connectivity index (χ0n) is 31.0. The summed E-state index contributed by atoms with van der Waals surface area (Å²) < 4.78 is 12.3. The van der Waals surface area contributed by atoms with Crippen LogP contribution in [0.2, 0.25) is 0 Å². The van der Waals surface area contributed by atoms with Gasteiger partial charge >= 0.3 is 0 Å². The molecule has 0 radical (unpaired) electrons. The first-order chi connectivity index (χ1) is 28.2. The molecule has 0 spiro atoms. The molecule has 0 aliphatic heterocycles. The van der Waals surface area contributed by atoms with E-state index in [-0.39, 0.29) is 0 Å². The van der Waals surface area contributed by atoms with Gasteiger partial charge in [0.2, 0.25) is 0 Å². The number of furan rings is 2. The number of fused-ring (bicyclic) bond motifs is 6. The molecule has 11 rings (SSSR count). The summed E-state index contributed by atoms with van der Waals surface area (Å²) in [4.78, 5) is 2.33. The second-order valence-electron chi connectivity index (χ2n) is 14.5. The number of benzene rings is 9. The van der Waals surface area contributed by atoms with Crippen LogP contribution in [0, 0.1) is 0 Å². The van der Waals surface area contributed by atoms with Gasteiger partial charge < -0.3 is 13.7 Å². The van der Waals surface area contributed by atoms with Crippen LogP contribution < -0.4 is 4.90 Å². The summed E-state index contributed by atoms with van der Waals surface area (Å²) in [6.07, 6.45) is 0. The highest BCUT2D eigenvalue weighted by Crippen LogP contribution is 2.41. The van der Waals surface area contributed by atoms with Gasteiger partial charge in [-0.15, -0.1) is 0 Å². The van der Waals surface area contributed by atoms with Crippen molar-refractivity contribution >= 4 is 60.9 Å². The Hall–Kier alpha value is -7.62. The first-order valence-corrected chi connectivity index (χ1v) is 19.3. The van der Waals surface area contributed by atoms with E-state index >= 15 is 0 Å². The van der Waals surface area contributed by atoms with Gasteiger partial charge in [-0.1, -0.05) is 146 Å². The van der Waals surface area contributed by atoms with Crippen molar-refractivity contribution in [1.82, 2.24) is 0 Å². The van der Waals surface area contributed by atoms with Gasteiger partial charge in [-0.3, -0.25) is 0 Å². The molecule has 0 unspecified atom stereocenters. The molecule has 0 saturated heterocycles. The van der Waals surface area contributed by atoms with Crippen LogP contribution >= 0.6 is 0 Å². The van der Waals surface area contributed by atoms with Crippen LogP contribution in [0.1, 0.15) is 0 Å². The van der Waals surface area contributed by atoms with E-state index in [9.17, 15) is 0 Å². The lowest BCUT2D eigenvalue weighted by Gasteiger charge is -2.26. The van der Waals surface area contributed by atoms with Crippen molar-refractivity contribution in [2.75, 3.05) is 4.90 Å². The Morgan fingerprint density at radius 3 is 1.32 bits per heavy atom. The average Bonchev–Trinajstić information content (AvgIpc) is 3.86. The zero-order chi connectivity index (χ0) is 37.7. The smallest absolute Gasteiger partial charge is 0.136 e. The number of anilines is 3. The van der Waals surface area contributed by atoms with Gasteiger partial charge in [0.05, 0.1) is 0 Å². The molecule has 268 valence electrons. The number of hydrogen-bond acceptors (Lipinski definition) is 3.